The number of hydrogen-bond donors (Lipinski definition) is 0. The van der Waals surface area contributed by atoms with Crippen LogP contribution in [-0.2, 0) is 14.3 Å². The first-order chi connectivity index (χ1) is 10.4. The van der Waals surface area contributed by atoms with Gasteiger partial charge in [-0.15, -0.1) is 0 Å². The largest absolute Gasteiger partial charge is 0.417 e. The smallest absolute Gasteiger partial charge is 0.269 e. The van der Waals surface area contributed by atoms with Gasteiger partial charge in [-0.2, -0.15) is 0 Å². The quantitative estimate of drug-likeness (QED) is 0.320. The minimum Gasteiger partial charge on any atom is -0.417 e. The van der Waals surface area contributed by atoms with Crippen LogP contribution in [0.3, 0.4) is 0 Å². The molecule has 0 saturated carbocycles. The normalized spacial score (nSPS) is 13.1. The average Bonchev–Trinajstić information content (AvgIpc) is 2.42. The summed E-state index contributed by atoms with van der Waals surface area (Å²) in [7, 11) is -5.31. The monoisotopic (exact) mass is 359 g/mol. The number of sulfone groups is 1. The summed E-state index contributed by atoms with van der Waals surface area (Å²) in [4.78, 5) is 10.1. The van der Waals surface area contributed by atoms with Gasteiger partial charge in [0.1, 0.15) is 0 Å². The third-order valence-corrected chi connectivity index (χ3v) is 10.6. The minimum atomic E-state index is -3.44. The Balaban J connectivity index is 2.62. The maximum atomic E-state index is 12.2. The van der Waals surface area contributed by atoms with Crippen LogP contribution in [0, 0.1) is 10.1 Å². The average molecular weight is 360 g/mol. The molecule has 6 nitrogen and oxygen atoms in total. The second-order valence-electron chi connectivity index (χ2n) is 7.03. The van der Waals surface area contributed by atoms with Gasteiger partial charge in [0.2, 0.25) is 0 Å². The highest BCUT2D eigenvalue weighted by atomic mass is 32.2. The number of non-ortho nitro benzene ring substituents is 1. The minimum absolute atomic E-state index is 0.0283. The highest BCUT2D eigenvalue weighted by Crippen LogP contribution is 2.36. The topological polar surface area (TPSA) is 86.5 Å². The molecule has 0 aliphatic rings. The lowest BCUT2D eigenvalue weighted by Gasteiger charge is -2.36. The molecule has 1 aromatic carbocycles. The van der Waals surface area contributed by atoms with Gasteiger partial charge >= 0.3 is 0 Å². The van der Waals surface area contributed by atoms with E-state index >= 15 is 0 Å². The van der Waals surface area contributed by atoms with Crippen molar-refractivity contribution >= 4 is 23.8 Å². The number of nitrogens with zero attached hydrogens (tertiary/aromatic N) is 1. The Morgan fingerprint density at radius 1 is 1.17 bits per heavy atom. The molecule has 0 saturated heterocycles. The lowest BCUT2D eigenvalue weighted by atomic mass is 10.2. The Morgan fingerprint density at radius 2 is 1.70 bits per heavy atom. The van der Waals surface area contributed by atoms with Gasteiger partial charge < -0.3 is 4.43 Å². The maximum absolute atomic E-state index is 12.2. The molecule has 0 aliphatic heterocycles. The summed E-state index contributed by atoms with van der Waals surface area (Å²) in [6.45, 7) is 11.0. The summed E-state index contributed by atoms with van der Waals surface area (Å²) in [5.74, 6) is -0.0283. The number of hydrogen-bond acceptors (Lipinski definition) is 5. The van der Waals surface area contributed by atoms with Gasteiger partial charge in [-0.1, -0.05) is 20.8 Å². The summed E-state index contributed by atoms with van der Waals surface area (Å²) in [6.07, 6.45) is 0.409. The molecule has 0 fully saturated rings. The fraction of sp³-hybridized carbons (Fsp3) is 0.600. The molecule has 1 rings (SSSR count). The fourth-order valence-corrected chi connectivity index (χ4v) is 4.06. The molecule has 23 heavy (non-hydrogen) atoms. The van der Waals surface area contributed by atoms with Crippen molar-refractivity contribution in [3.63, 3.8) is 0 Å². The lowest BCUT2D eigenvalue weighted by molar-refractivity contribution is -0.384. The third kappa shape index (κ3) is 5.40. The standard InChI is InChI=1S/C15H25NO5SSi/c1-15(2,3)23(4,5)21-11-6-12-22(19,20)14-9-7-13(8-10-14)16(17)18/h7-10H,6,11-12H2,1-5H3. The van der Waals surface area contributed by atoms with Gasteiger partial charge in [0, 0.05) is 18.7 Å². The van der Waals surface area contributed by atoms with Crippen molar-refractivity contribution in [1.29, 1.82) is 0 Å². The zero-order valence-electron chi connectivity index (χ0n) is 14.3. The van der Waals surface area contributed by atoms with Crippen LogP contribution >= 0.6 is 0 Å². The molecule has 0 spiro atoms. The van der Waals surface area contributed by atoms with E-state index < -0.39 is 23.1 Å². The third-order valence-electron chi connectivity index (χ3n) is 4.23. The first-order valence-corrected chi connectivity index (χ1v) is 12.0. The highest BCUT2D eigenvalue weighted by Gasteiger charge is 2.36. The molecule has 0 unspecified atom stereocenters. The van der Waals surface area contributed by atoms with E-state index in [1.165, 1.54) is 24.3 Å². The van der Waals surface area contributed by atoms with Crippen LogP contribution in [0.15, 0.2) is 29.2 Å². The van der Waals surface area contributed by atoms with E-state index in [2.05, 4.69) is 33.9 Å². The van der Waals surface area contributed by atoms with E-state index in [0.717, 1.165) is 0 Å². The van der Waals surface area contributed by atoms with Gasteiger partial charge in [-0.05, 0) is 36.7 Å². The highest BCUT2D eigenvalue weighted by molar-refractivity contribution is 7.91. The molecule has 0 heterocycles. The summed E-state index contributed by atoms with van der Waals surface area (Å²) >= 11 is 0. The Hall–Kier alpha value is -1.25. The van der Waals surface area contributed by atoms with E-state index in [4.69, 9.17) is 4.43 Å². The molecule has 0 bridgehead atoms. The number of benzene rings is 1. The summed E-state index contributed by atoms with van der Waals surface area (Å²) in [5.41, 5.74) is -0.120. The van der Waals surface area contributed by atoms with E-state index in [1.807, 2.05) is 0 Å². The van der Waals surface area contributed by atoms with E-state index in [1.54, 1.807) is 0 Å². The molecule has 0 N–H and O–H groups in total. The molecule has 8 heteroatoms. The lowest BCUT2D eigenvalue weighted by Crippen LogP contribution is -2.41. The molecule has 0 atom stereocenters. The number of rotatable bonds is 7. The Labute approximate surface area is 139 Å². The second kappa shape index (κ2) is 7.10. The van der Waals surface area contributed by atoms with E-state index in [9.17, 15) is 18.5 Å². The first-order valence-electron chi connectivity index (χ1n) is 7.48. The molecule has 0 amide bonds. The maximum Gasteiger partial charge on any atom is 0.269 e. The van der Waals surface area contributed by atoms with Crippen LogP contribution < -0.4 is 0 Å². The molecular formula is C15H25NO5SSi. The Morgan fingerprint density at radius 3 is 2.13 bits per heavy atom. The van der Waals surface area contributed by atoms with Crippen molar-refractivity contribution in [1.82, 2.24) is 0 Å². The summed E-state index contributed by atoms with van der Waals surface area (Å²) < 4.78 is 30.4. The van der Waals surface area contributed by atoms with Crippen molar-refractivity contribution in [3.05, 3.63) is 34.4 Å². The van der Waals surface area contributed by atoms with Crippen LogP contribution in [0.1, 0.15) is 27.2 Å². The van der Waals surface area contributed by atoms with Crippen LogP contribution in [0.5, 0.6) is 0 Å². The SMILES string of the molecule is CC(C)(C)[Si](C)(C)OCCCS(=O)(=O)c1ccc([N+](=O)[O-])cc1. The van der Waals surface area contributed by atoms with Crippen molar-refractivity contribution in [2.24, 2.45) is 0 Å². The molecule has 0 radical (unpaired) electrons. The zero-order chi connectivity index (χ0) is 17.9. The van der Waals surface area contributed by atoms with Gasteiger partial charge in [-0.3, -0.25) is 10.1 Å². The number of nitro groups is 1. The van der Waals surface area contributed by atoms with Gasteiger partial charge in [0.05, 0.1) is 15.6 Å². The summed E-state index contributed by atoms with van der Waals surface area (Å²) in [6, 6.07) is 4.97. The van der Waals surface area contributed by atoms with E-state index in [0.29, 0.717) is 13.0 Å². The van der Waals surface area contributed by atoms with Crippen LogP contribution in [0.2, 0.25) is 18.1 Å². The second-order valence-corrected chi connectivity index (χ2v) is 14.0. The van der Waals surface area contributed by atoms with E-state index in [-0.39, 0.29) is 21.4 Å². The molecule has 1 aromatic rings. The zero-order valence-corrected chi connectivity index (χ0v) is 16.1. The predicted octanol–water partition coefficient (Wildman–Crippen LogP) is 3.78. The molecule has 0 aliphatic carbocycles. The molecule has 130 valence electrons. The van der Waals surface area contributed by atoms with Crippen molar-refractivity contribution < 1.29 is 17.8 Å². The van der Waals surface area contributed by atoms with Crippen molar-refractivity contribution in [3.8, 4) is 0 Å². The predicted molar refractivity (Wildman–Crippen MR) is 92.9 cm³/mol. The summed E-state index contributed by atoms with van der Waals surface area (Å²) in [5, 5.41) is 10.7. The van der Waals surface area contributed by atoms with Crippen LogP contribution in [0.25, 0.3) is 0 Å². The van der Waals surface area contributed by atoms with Crippen LogP contribution in [-0.4, -0.2) is 34.0 Å². The molecule has 0 aromatic heterocycles. The van der Waals surface area contributed by atoms with Gasteiger partial charge in [0.15, 0.2) is 18.2 Å². The Kier molecular flexibility index (Phi) is 6.11. The van der Waals surface area contributed by atoms with Crippen molar-refractivity contribution in [2.75, 3.05) is 12.4 Å². The Bertz CT molecular complexity index is 647. The van der Waals surface area contributed by atoms with Gasteiger partial charge in [0.25, 0.3) is 5.69 Å². The fourth-order valence-electron chi connectivity index (χ4n) is 1.69. The number of nitro benzene ring substituents is 1. The van der Waals surface area contributed by atoms with Crippen LogP contribution in [0.4, 0.5) is 5.69 Å². The first kappa shape index (κ1) is 19.8. The molecular weight excluding hydrogens is 334 g/mol. The van der Waals surface area contributed by atoms with Crippen molar-refractivity contribution in [2.45, 2.75) is 50.2 Å². The van der Waals surface area contributed by atoms with Gasteiger partial charge in [-0.25, -0.2) is 8.42 Å².